The van der Waals surface area contributed by atoms with Crippen molar-refractivity contribution in [1.29, 1.82) is 0 Å². The SMILES string of the molecule is C[C@@H](C(=O)O)N(C)C(=O)[C@H]1CCC[C@@H](NC(=O)OCC2c3ccccc3-c3ccccc32)C1. The lowest BCUT2D eigenvalue weighted by Crippen LogP contribution is -2.47. The minimum Gasteiger partial charge on any atom is -0.480 e. The quantitative estimate of drug-likeness (QED) is 0.693. The molecule has 0 aliphatic heterocycles. The van der Waals surface area contributed by atoms with Crippen molar-refractivity contribution >= 4 is 18.0 Å². The highest BCUT2D eigenvalue weighted by molar-refractivity contribution is 5.85. The first kappa shape index (κ1) is 22.8. The number of nitrogens with one attached hydrogen (secondary N) is 1. The van der Waals surface area contributed by atoms with Gasteiger partial charge in [-0.25, -0.2) is 9.59 Å². The smallest absolute Gasteiger partial charge is 0.407 e. The average Bonchev–Trinajstić information content (AvgIpc) is 3.15. The van der Waals surface area contributed by atoms with Crippen LogP contribution < -0.4 is 5.32 Å². The predicted molar refractivity (Wildman–Crippen MR) is 124 cm³/mol. The molecule has 2 aliphatic rings. The van der Waals surface area contributed by atoms with Gasteiger partial charge in [0.2, 0.25) is 5.91 Å². The fraction of sp³-hybridized carbons (Fsp3) is 0.423. The summed E-state index contributed by atoms with van der Waals surface area (Å²) in [6.45, 7) is 1.74. The van der Waals surface area contributed by atoms with Crippen molar-refractivity contribution in [2.75, 3.05) is 13.7 Å². The molecule has 1 fully saturated rings. The van der Waals surface area contributed by atoms with Crippen LogP contribution in [0.1, 0.15) is 49.7 Å². The molecule has 2 aromatic carbocycles. The van der Waals surface area contributed by atoms with Crippen LogP contribution in [-0.4, -0.2) is 53.7 Å². The maximum Gasteiger partial charge on any atom is 0.407 e. The van der Waals surface area contributed by atoms with Crippen molar-refractivity contribution < 1.29 is 24.2 Å². The van der Waals surface area contributed by atoms with E-state index in [9.17, 15) is 19.5 Å². The summed E-state index contributed by atoms with van der Waals surface area (Å²) in [5.74, 6) is -1.53. The van der Waals surface area contributed by atoms with Gasteiger partial charge in [0.15, 0.2) is 0 Å². The van der Waals surface area contributed by atoms with Crippen LogP contribution in [0.5, 0.6) is 0 Å². The van der Waals surface area contributed by atoms with Gasteiger partial charge < -0.3 is 20.1 Å². The molecule has 4 rings (SSSR count). The summed E-state index contributed by atoms with van der Waals surface area (Å²) in [4.78, 5) is 37.8. The van der Waals surface area contributed by atoms with Crippen molar-refractivity contribution in [2.24, 2.45) is 5.92 Å². The standard InChI is InChI=1S/C26H30N2O5/c1-16(25(30)31)28(2)24(29)17-8-7-9-18(14-17)27-26(32)33-15-23-21-12-5-3-10-19(21)20-11-4-6-13-22(20)23/h3-6,10-13,16-18,23H,7-9,14-15H2,1-2H3,(H,27,32)(H,30,31)/t16-,17-,18+/m0/s1. The number of carbonyl (C=O) groups excluding carboxylic acids is 2. The largest absolute Gasteiger partial charge is 0.480 e. The molecule has 7 nitrogen and oxygen atoms in total. The van der Waals surface area contributed by atoms with Gasteiger partial charge in [0.05, 0.1) is 0 Å². The lowest BCUT2D eigenvalue weighted by Gasteiger charge is -2.32. The summed E-state index contributed by atoms with van der Waals surface area (Å²) in [7, 11) is 1.52. The van der Waals surface area contributed by atoms with E-state index in [2.05, 4.69) is 29.6 Å². The van der Waals surface area contributed by atoms with Crippen LogP contribution >= 0.6 is 0 Å². The molecule has 7 heteroatoms. The Bertz CT molecular complexity index is 1010. The Kier molecular flexibility index (Phi) is 6.67. The van der Waals surface area contributed by atoms with E-state index in [-0.39, 0.29) is 30.4 Å². The predicted octanol–water partition coefficient (Wildman–Crippen LogP) is 4.02. The van der Waals surface area contributed by atoms with Crippen molar-refractivity contribution in [3.8, 4) is 11.1 Å². The van der Waals surface area contributed by atoms with Gasteiger partial charge in [0, 0.05) is 24.9 Å². The number of hydrogen-bond donors (Lipinski definition) is 2. The molecule has 174 valence electrons. The van der Waals surface area contributed by atoms with E-state index in [4.69, 9.17) is 4.74 Å². The maximum atomic E-state index is 12.7. The number of rotatable bonds is 6. The minimum absolute atomic E-state index is 0.00464. The molecule has 0 unspecified atom stereocenters. The fourth-order valence-corrected chi connectivity index (χ4v) is 5.00. The third-order valence-corrected chi connectivity index (χ3v) is 6.98. The minimum atomic E-state index is -1.03. The first-order valence-corrected chi connectivity index (χ1v) is 11.5. The van der Waals surface area contributed by atoms with E-state index in [1.807, 2.05) is 24.3 Å². The van der Waals surface area contributed by atoms with Gasteiger partial charge in [-0.2, -0.15) is 0 Å². The third kappa shape index (κ3) is 4.72. The monoisotopic (exact) mass is 450 g/mol. The normalized spacial score (nSPS) is 20.3. The Balaban J connectivity index is 1.34. The van der Waals surface area contributed by atoms with Gasteiger partial charge >= 0.3 is 12.1 Å². The molecule has 2 aromatic rings. The summed E-state index contributed by atoms with van der Waals surface area (Å²) in [6.07, 6.45) is 2.26. The van der Waals surface area contributed by atoms with Crippen molar-refractivity contribution in [3.63, 3.8) is 0 Å². The molecule has 3 atom stereocenters. The number of alkyl carbamates (subject to hydrolysis) is 1. The van der Waals surface area contributed by atoms with Gasteiger partial charge in [-0.05, 0) is 48.4 Å². The van der Waals surface area contributed by atoms with Crippen molar-refractivity contribution in [2.45, 2.75) is 50.6 Å². The number of benzene rings is 2. The molecule has 1 saturated carbocycles. The summed E-state index contributed by atoms with van der Waals surface area (Å²) in [6, 6.07) is 15.3. The molecule has 2 aliphatic carbocycles. The van der Waals surface area contributed by atoms with Gasteiger partial charge in [-0.1, -0.05) is 55.0 Å². The Hall–Kier alpha value is -3.35. The fourth-order valence-electron chi connectivity index (χ4n) is 5.00. The van der Waals surface area contributed by atoms with Gasteiger partial charge in [0.25, 0.3) is 0 Å². The zero-order chi connectivity index (χ0) is 23.5. The first-order valence-electron chi connectivity index (χ1n) is 11.5. The molecule has 0 heterocycles. The zero-order valence-electron chi connectivity index (χ0n) is 19.0. The number of carboxylic acid groups (broad SMARTS) is 1. The van der Waals surface area contributed by atoms with Crippen molar-refractivity contribution in [1.82, 2.24) is 10.2 Å². The third-order valence-electron chi connectivity index (χ3n) is 6.98. The molecule has 0 aromatic heterocycles. The molecular weight excluding hydrogens is 420 g/mol. The van der Waals surface area contributed by atoms with E-state index in [1.165, 1.54) is 30.0 Å². The molecular formula is C26H30N2O5. The first-order chi connectivity index (χ1) is 15.9. The number of carboxylic acids is 1. The summed E-state index contributed by atoms with van der Waals surface area (Å²) >= 11 is 0. The van der Waals surface area contributed by atoms with E-state index in [0.717, 1.165) is 24.0 Å². The Morgan fingerprint density at radius 3 is 2.27 bits per heavy atom. The number of carbonyl (C=O) groups is 3. The molecule has 2 N–H and O–H groups in total. The second-order valence-corrected chi connectivity index (χ2v) is 8.99. The van der Waals surface area contributed by atoms with E-state index < -0.39 is 18.1 Å². The highest BCUT2D eigenvalue weighted by Gasteiger charge is 2.34. The molecule has 0 radical (unpaired) electrons. The molecule has 0 saturated heterocycles. The lowest BCUT2D eigenvalue weighted by atomic mass is 9.84. The molecule has 0 bridgehead atoms. The second kappa shape index (κ2) is 9.65. The summed E-state index contributed by atoms with van der Waals surface area (Å²) in [5.41, 5.74) is 4.67. The van der Waals surface area contributed by atoms with Crippen LogP contribution in [0.15, 0.2) is 48.5 Å². The molecule has 33 heavy (non-hydrogen) atoms. The van der Waals surface area contributed by atoms with Crippen molar-refractivity contribution in [3.05, 3.63) is 59.7 Å². The van der Waals surface area contributed by atoms with Gasteiger partial charge in [0.1, 0.15) is 12.6 Å². The van der Waals surface area contributed by atoms with Crippen LogP contribution in [0.3, 0.4) is 0 Å². The number of amides is 2. The van der Waals surface area contributed by atoms with E-state index in [0.29, 0.717) is 12.8 Å². The lowest BCUT2D eigenvalue weighted by molar-refractivity contribution is -0.150. The number of aliphatic carboxylic acids is 1. The van der Waals surface area contributed by atoms with Gasteiger partial charge in [-0.3, -0.25) is 4.79 Å². The number of ether oxygens (including phenoxy) is 1. The van der Waals surface area contributed by atoms with Crippen LogP contribution in [0, 0.1) is 5.92 Å². The Morgan fingerprint density at radius 2 is 1.67 bits per heavy atom. The zero-order valence-corrected chi connectivity index (χ0v) is 19.0. The van der Waals surface area contributed by atoms with Gasteiger partial charge in [-0.15, -0.1) is 0 Å². The highest BCUT2D eigenvalue weighted by atomic mass is 16.5. The maximum absolute atomic E-state index is 12.7. The number of likely N-dealkylation sites (N-methyl/N-ethyl adjacent to an activating group) is 1. The number of hydrogen-bond acceptors (Lipinski definition) is 4. The highest BCUT2D eigenvalue weighted by Crippen LogP contribution is 2.44. The van der Waals surface area contributed by atoms with Crippen LogP contribution in [0.4, 0.5) is 4.79 Å². The Labute approximate surface area is 193 Å². The molecule has 2 amide bonds. The van der Waals surface area contributed by atoms with Crippen LogP contribution in [0.2, 0.25) is 0 Å². The molecule has 0 spiro atoms. The number of nitrogens with zero attached hydrogens (tertiary/aromatic N) is 1. The van der Waals surface area contributed by atoms with E-state index in [1.54, 1.807) is 0 Å². The Morgan fingerprint density at radius 1 is 1.06 bits per heavy atom. The number of fused-ring (bicyclic) bond motifs is 3. The second-order valence-electron chi connectivity index (χ2n) is 8.99. The summed E-state index contributed by atoms with van der Waals surface area (Å²) in [5, 5.41) is 12.1. The topological polar surface area (TPSA) is 95.9 Å². The van der Waals surface area contributed by atoms with Crippen LogP contribution in [0.25, 0.3) is 11.1 Å². The summed E-state index contributed by atoms with van der Waals surface area (Å²) < 4.78 is 5.63. The van der Waals surface area contributed by atoms with Crippen LogP contribution in [-0.2, 0) is 14.3 Å². The average molecular weight is 451 g/mol. The van der Waals surface area contributed by atoms with E-state index >= 15 is 0 Å².